The predicted octanol–water partition coefficient (Wildman–Crippen LogP) is 9.49. The second-order valence-electron chi connectivity index (χ2n) is 11.3. The minimum atomic E-state index is 0.507. The Hall–Kier alpha value is -7.20. The number of nitriles is 3. The third-order valence-corrected chi connectivity index (χ3v) is 8.12. The Labute approximate surface area is 278 Å². The van der Waals surface area contributed by atoms with E-state index in [1.54, 1.807) is 37.2 Å². The SMILES string of the molecule is N#Cc1cncc(-c2cccc(-c3cc(-c4cccc(-c5cncc(C#N)c5)c4)cc(-c4cccc(-c5cncc(C#N)c5)c4)c3)c2)c1. The molecule has 0 amide bonds. The molecule has 222 valence electrons. The largest absolute Gasteiger partial charge is 0.263 e. The summed E-state index contributed by atoms with van der Waals surface area (Å²) in [5.74, 6) is 0. The van der Waals surface area contributed by atoms with E-state index in [0.29, 0.717) is 16.7 Å². The third-order valence-electron chi connectivity index (χ3n) is 8.12. The van der Waals surface area contributed by atoms with Gasteiger partial charge in [-0.05, 0) is 105 Å². The summed E-state index contributed by atoms with van der Waals surface area (Å²) in [4.78, 5) is 12.8. The number of benzene rings is 4. The molecule has 0 aliphatic rings. The minimum Gasteiger partial charge on any atom is -0.263 e. The van der Waals surface area contributed by atoms with Gasteiger partial charge in [0.25, 0.3) is 0 Å². The molecule has 0 radical (unpaired) electrons. The second-order valence-corrected chi connectivity index (χ2v) is 11.3. The second kappa shape index (κ2) is 13.0. The van der Waals surface area contributed by atoms with Gasteiger partial charge < -0.3 is 0 Å². The Morgan fingerprint density at radius 2 is 0.542 bits per heavy atom. The smallest absolute Gasteiger partial charge is 0.101 e. The van der Waals surface area contributed by atoms with Crippen LogP contribution in [-0.4, -0.2) is 15.0 Å². The van der Waals surface area contributed by atoms with Crippen LogP contribution in [0, 0.1) is 34.0 Å². The molecule has 3 heterocycles. The van der Waals surface area contributed by atoms with Crippen LogP contribution in [0.1, 0.15) is 16.7 Å². The number of aromatic nitrogens is 3. The van der Waals surface area contributed by atoms with Crippen molar-refractivity contribution in [2.45, 2.75) is 0 Å². The van der Waals surface area contributed by atoms with Crippen molar-refractivity contribution in [3.8, 4) is 85.0 Å². The molecule has 0 atom stereocenters. The highest BCUT2D eigenvalue weighted by Gasteiger charge is 2.12. The summed E-state index contributed by atoms with van der Waals surface area (Å²) in [7, 11) is 0. The number of nitrogens with zero attached hydrogens (tertiary/aromatic N) is 6. The van der Waals surface area contributed by atoms with Crippen LogP contribution in [0.15, 0.2) is 146 Å². The van der Waals surface area contributed by atoms with E-state index in [0.717, 1.165) is 66.8 Å². The Balaban J connectivity index is 1.38. The first-order chi connectivity index (χ1) is 23.6. The minimum absolute atomic E-state index is 0.507. The van der Waals surface area contributed by atoms with Crippen LogP contribution in [-0.2, 0) is 0 Å². The average Bonchev–Trinajstić information content (AvgIpc) is 3.18. The lowest BCUT2D eigenvalue weighted by atomic mass is 9.90. The molecule has 6 nitrogen and oxygen atoms in total. The van der Waals surface area contributed by atoms with Gasteiger partial charge in [0.05, 0.1) is 16.7 Å². The average molecular weight is 613 g/mol. The summed E-state index contributed by atoms with van der Waals surface area (Å²) < 4.78 is 0. The van der Waals surface area contributed by atoms with Crippen LogP contribution in [0.5, 0.6) is 0 Å². The van der Waals surface area contributed by atoms with Crippen LogP contribution in [0.2, 0.25) is 0 Å². The summed E-state index contributed by atoms with van der Waals surface area (Å²) in [6, 6.07) is 43.3. The lowest BCUT2D eigenvalue weighted by Gasteiger charge is -2.14. The molecule has 3 aromatic heterocycles. The van der Waals surface area contributed by atoms with Crippen LogP contribution in [0.4, 0.5) is 0 Å². The first-order valence-electron chi connectivity index (χ1n) is 15.1. The van der Waals surface area contributed by atoms with Crippen molar-refractivity contribution < 1.29 is 0 Å². The molecule has 6 heteroatoms. The van der Waals surface area contributed by atoms with E-state index in [9.17, 15) is 15.8 Å². The fourth-order valence-corrected chi connectivity index (χ4v) is 5.74. The lowest BCUT2D eigenvalue weighted by Crippen LogP contribution is -1.89. The molecule has 0 bridgehead atoms. The first-order valence-corrected chi connectivity index (χ1v) is 15.1. The van der Waals surface area contributed by atoms with Gasteiger partial charge in [-0.2, -0.15) is 15.8 Å². The van der Waals surface area contributed by atoms with Gasteiger partial charge in [0.2, 0.25) is 0 Å². The van der Waals surface area contributed by atoms with Gasteiger partial charge >= 0.3 is 0 Å². The van der Waals surface area contributed by atoms with Crippen molar-refractivity contribution in [3.05, 3.63) is 163 Å². The topological polar surface area (TPSA) is 110 Å². The molecule has 48 heavy (non-hydrogen) atoms. The van der Waals surface area contributed by atoms with Gasteiger partial charge in [-0.25, -0.2) is 0 Å². The monoisotopic (exact) mass is 612 g/mol. The molecular formula is C42H24N6. The normalized spacial score (nSPS) is 10.4. The number of hydrogen-bond donors (Lipinski definition) is 0. The highest BCUT2D eigenvalue weighted by molar-refractivity contribution is 5.85. The Morgan fingerprint density at radius 3 is 0.812 bits per heavy atom. The predicted molar refractivity (Wildman–Crippen MR) is 187 cm³/mol. The number of pyridine rings is 3. The Bertz CT molecular complexity index is 2170. The third kappa shape index (κ3) is 6.17. The van der Waals surface area contributed by atoms with E-state index in [4.69, 9.17) is 0 Å². The van der Waals surface area contributed by atoms with E-state index in [-0.39, 0.29) is 0 Å². The van der Waals surface area contributed by atoms with E-state index in [2.05, 4.69) is 87.8 Å². The molecule has 0 N–H and O–H groups in total. The van der Waals surface area contributed by atoms with Crippen molar-refractivity contribution in [2.24, 2.45) is 0 Å². The first kappa shape index (κ1) is 29.5. The van der Waals surface area contributed by atoms with Gasteiger partial charge in [0.15, 0.2) is 0 Å². The van der Waals surface area contributed by atoms with Gasteiger partial charge in [-0.1, -0.05) is 54.6 Å². The van der Waals surface area contributed by atoms with Crippen LogP contribution in [0.3, 0.4) is 0 Å². The molecule has 7 rings (SSSR count). The summed E-state index contributed by atoms with van der Waals surface area (Å²) in [5.41, 5.74) is 13.1. The summed E-state index contributed by atoms with van der Waals surface area (Å²) in [5, 5.41) is 28.3. The number of hydrogen-bond acceptors (Lipinski definition) is 6. The zero-order valence-corrected chi connectivity index (χ0v) is 25.5. The fourth-order valence-electron chi connectivity index (χ4n) is 5.74. The van der Waals surface area contributed by atoms with Crippen LogP contribution in [0.25, 0.3) is 66.8 Å². The Kier molecular flexibility index (Phi) is 8.01. The van der Waals surface area contributed by atoms with Gasteiger partial charge in [-0.3, -0.25) is 15.0 Å². The van der Waals surface area contributed by atoms with E-state index in [1.807, 2.05) is 54.6 Å². The van der Waals surface area contributed by atoms with E-state index < -0.39 is 0 Å². The van der Waals surface area contributed by atoms with Crippen molar-refractivity contribution in [2.75, 3.05) is 0 Å². The highest BCUT2D eigenvalue weighted by Crippen LogP contribution is 2.37. The molecule has 0 fully saturated rings. The molecule has 0 aliphatic heterocycles. The van der Waals surface area contributed by atoms with E-state index in [1.165, 1.54) is 0 Å². The fraction of sp³-hybridized carbons (Fsp3) is 0. The van der Waals surface area contributed by atoms with E-state index >= 15 is 0 Å². The summed E-state index contributed by atoms with van der Waals surface area (Å²) in [6.45, 7) is 0. The van der Waals surface area contributed by atoms with Crippen molar-refractivity contribution >= 4 is 0 Å². The quantitative estimate of drug-likeness (QED) is 0.185. The molecule has 0 saturated carbocycles. The lowest BCUT2D eigenvalue weighted by molar-refractivity contribution is 1.30. The van der Waals surface area contributed by atoms with Crippen molar-refractivity contribution in [1.82, 2.24) is 15.0 Å². The Morgan fingerprint density at radius 1 is 0.292 bits per heavy atom. The van der Waals surface area contributed by atoms with Gasteiger partial charge in [0, 0.05) is 53.9 Å². The molecule has 0 unspecified atom stereocenters. The van der Waals surface area contributed by atoms with Crippen LogP contribution >= 0.6 is 0 Å². The van der Waals surface area contributed by atoms with Gasteiger partial charge in [-0.15, -0.1) is 0 Å². The maximum atomic E-state index is 9.43. The zero-order valence-electron chi connectivity index (χ0n) is 25.5. The maximum Gasteiger partial charge on any atom is 0.101 e. The standard InChI is InChI=1S/C42H24N6/c43-19-28-10-40(25-46-22-28)34-7-1-4-31(13-34)37-16-38(32-5-2-8-35(14-32)41-11-29(20-44)23-47-26-41)18-39(17-37)33-6-3-9-36(15-33)42-12-30(21-45)24-48-27-42/h1-18,22-27H. The molecular weight excluding hydrogens is 589 g/mol. The molecule has 0 aliphatic carbocycles. The van der Waals surface area contributed by atoms with Crippen LogP contribution < -0.4 is 0 Å². The van der Waals surface area contributed by atoms with Gasteiger partial charge in [0.1, 0.15) is 18.2 Å². The number of rotatable bonds is 6. The summed E-state index contributed by atoms with van der Waals surface area (Å²) in [6.07, 6.45) is 9.99. The van der Waals surface area contributed by atoms with Crippen molar-refractivity contribution in [1.29, 1.82) is 15.8 Å². The molecule has 4 aromatic carbocycles. The maximum absolute atomic E-state index is 9.43. The molecule has 0 spiro atoms. The summed E-state index contributed by atoms with van der Waals surface area (Å²) >= 11 is 0. The highest BCUT2D eigenvalue weighted by atomic mass is 14.6. The van der Waals surface area contributed by atoms with Crippen molar-refractivity contribution in [3.63, 3.8) is 0 Å². The zero-order chi connectivity index (χ0) is 32.9. The molecule has 0 saturated heterocycles. The molecule has 7 aromatic rings.